The highest BCUT2D eigenvalue weighted by molar-refractivity contribution is 5.82. The zero-order valence-corrected chi connectivity index (χ0v) is 10.6. The smallest absolute Gasteiger partial charge is 0.277 e. The number of hydrogen-bond acceptors (Lipinski definition) is 3. The second-order valence-electron chi connectivity index (χ2n) is 3.95. The number of hydrogen-bond donors (Lipinski definition) is 1. The summed E-state index contributed by atoms with van der Waals surface area (Å²) < 4.78 is 17.9. The summed E-state index contributed by atoms with van der Waals surface area (Å²) in [5.74, 6) is -0.0696. The molecule has 0 unspecified atom stereocenters. The lowest BCUT2D eigenvalue weighted by Crippen LogP contribution is -2.24. The number of benzene rings is 2. The van der Waals surface area contributed by atoms with Crippen molar-refractivity contribution in [2.75, 3.05) is 6.61 Å². The number of halogens is 1. The molecule has 0 saturated carbocycles. The van der Waals surface area contributed by atoms with E-state index in [-0.39, 0.29) is 18.3 Å². The Labute approximate surface area is 115 Å². The molecular formula is C15H13FN2O2. The van der Waals surface area contributed by atoms with Crippen molar-refractivity contribution in [1.29, 1.82) is 0 Å². The third-order valence-corrected chi connectivity index (χ3v) is 2.39. The molecule has 0 aromatic heterocycles. The van der Waals surface area contributed by atoms with Crippen LogP contribution in [0, 0.1) is 5.82 Å². The molecule has 2 rings (SSSR count). The Balaban J connectivity index is 1.76. The molecule has 0 heterocycles. The van der Waals surface area contributed by atoms with Crippen molar-refractivity contribution >= 4 is 12.1 Å². The van der Waals surface area contributed by atoms with Crippen LogP contribution in [0.4, 0.5) is 4.39 Å². The van der Waals surface area contributed by atoms with E-state index in [0.717, 1.165) is 0 Å². The molecule has 0 aliphatic carbocycles. The van der Waals surface area contributed by atoms with Gasteiger partial charge in [-0.15, -0.1) is 0 Å². The largest absolute Gasteiger partial charge is 0.484 e. The topological polar surface area (TPSA) is 50.7 Å². The van der Waals surface area contributed by atoms with E-state index >= 15 is 0 Å². The molecule has 5 heteroatoms. The van der Waals surface area contributed by atoms with Crippen LogP contribution >= 0.6 is 0 Å². The number of carbonyl (C=O) groups excluding carboxylic acids is 1. The van der Waals surface area contributed by atoms with Crippen molar-refractivity contribution in [3.8, 4) is 5.75 Å². The molecule has 1 N–H and O–H groups in total. The number of ether oxygens (including phenoxy) is 1. The van der Waals surface area contributed by atoms with Crippen molar-refractivity contribution < 1.29 is 13.9 Å². The standard InChI is InChI=1S/C15H13FN2O2/c16-13-8-6-12(7-9-13)10-17-18-15(19)11-20-14-4-2-1-3-5-14/h1-10H,11H2,(H,18,19). The van der Waals surface area contributed by atoms with Gasteiger partial charge in [0.1, 0.15) is 11.6 Å². The fraction of sp³-hybridized carbons (Fsp3) is 0.0667. The van der Waals surface area contributed by atoms with E-state index in [2.05, 4.69) is 10.5 Å². The van der Waals surface area contributed by atoms with Gasteiger partial charge in [-0.05, 0) is 29.8 Å². The number of carbonyl (C=O) groups is 1. The zero-order valence-electron chi connectivity index (χ0n) is 10.6. The van der Waals surface area contributed by atoms with E-state index in [1.807, 2.05) is 18.2 Å². The van der Waals surface area contributed by atoms with Gasteiger partial charge in [-0.2, -0.15) is 5.10 Å². The number of rotatable bonds is 5. The second-order valence-corrected chi connectivity index (χ2v) is 3.95. The van der Waals surface area contributed by atoms with Crippen molar-refractivity contribution in [2.24, 2.45) is 5.10 Å². The van der Waals surface area contributed by atoms with Crippen molar-refractivity contribution in [2.45, 2.75) is 0 Å². The summed E-state index contributed by atoms with van der Waals surface area (Å²) in [6.45, 7) is -0.120. The molecule has 1 amide bonds. The molecule has 0 radical (unpaired) electrons. The average molecular weight is 272 g/mol. The monoisotopic (exact) mass is 272 g/mol. The first kappa shape index (κ1) is 13.7. The van der Waals surface area contributed by atoms with Crippen LogP contribution in [0.3, 0.4) is 0 Å². The fourth-order valence-electron chi connectivity index (χ4n) is 1.43. The van der Waals surface area contributed by atoms with E-state index in [1.165, 1.54) is 18.3 Å². The van der Waals surface area contributed by atoms with Crippen LogP contribution in [0.5, 0.6) is 5.75 Å². The Morgan fingerprint density at radius 3 is 2.55 bits per heavy atom. The quantitative estimate of drug-likeness (QED) is 0.671. The number of hydrazone groups is 1. The first-order chi connectivity index (χ1) is 9.74. The molecule has 0 aliphatic heterocycles. The van der Waals surface area contributed by atoms with Gasteiger partial charge >= 0.3 is 0 Å². The SMILES string of the molecule is O=C(COc1ccccc1)NN=Cc1ccc(F)cc1. The average Bonchev–Trinajstić information content (AvgIpc) is 2.48. The van der Waals surface area contributed by atoms with Crippen molar-refractivity contribution in [1.82, 2.24) is 5.43 Å². The van der Waals surface area contributed by atoms with Gasteiger partial charge in [-0.3, -0.25) is 4.79 Å². The van der Waals surface area contributed by atoms with E-state index in [1.54, 1.807) is 24.3 Å². The summed E-state index contributed by atoms with van der Waals surface area (Å²) in [5.41, 5.74) is 3.02. The van der Waals surface area contributed by atoms with Gasteiger partial charge in [0.2, 0.25) is 0 Å². The summed E-state index contributed by atoms with van der Waals surface area (Å²) >= 11 is 0. The minimum Gasteiger partial charge on any atom is -0.484 e. The van der Waals surface area contributed by atoms with Crippen LogP contribution < -0.4 is 10.2 Å². The summed E-state index contributed by atoms with van der Waals surface area (Å²) in [5, 5.41) is 3.76. The van der Waals surface area contributed by atoms with Gasteiger partial charge in [-0.1, -0.05) is 30.3 Å². The summed E-state index contributed by atoms with van der Waals surface area (Å²) in [6, 6.07) is 14.8. The Kier molecular flexibility index (Phi) is 4.83. The van der Waals surface area contributed by atoms with Gasteiger partial charge in [0.15, 0.2) is 6.61 Å². The molecule has 0 spiro atoms. The van der Waals surface area contributed by atoms with Gasteiger partial charge in [-0.25, -0.2) is 9.82 Å². The normalized spacial score (nSPS) is 10.4. The lowest BCUT2D eigenvalue weighted by Gasteiger charge is -2.04. The van der Waals surface area contributed by atoms with Crippen LogP contribution in [0.2, 0.25) is 0 Å². The molecule has 0 saturated heterocycles. The summed E-state index contributed by atoms with van der Waals surface area (Å²) in [4.78, 5) is 11.5. The van der Waals surface area contributed by atoms with Gasteiger partial charge in [0.25, 0.3) is 5.91 Å². The summed E-state index contributed by atoms with van der Waals surface area (Å²) in [6.07, 6.45) is 1.43. The maximum atomic E-state index is 12.7. The van der Waals surface area contributed by atoms with Crippen LogP contribution in [-0.4, -0.2) is 18.7 Å². The molecule has 0 aliphatic rings. The lowest BCUT2D eigenvalue weighted by atomic mass is 10.2. The zero-order chi connectivity index (χ0) is 14.2. The maximum Gasteiger partial charge on any atom is 0.277 e. The molecule has 2 aromatic carbocycles. The van der Waals surface area contributed by atoms with Gasteiger partial charge in [0, 0.05) is 0 Å². The highest BCUT2D eigenvalue weighted by atomic mass is 19.1. The lowest BCUT2D eigenvalue weighted by molar-refractivity contribution is -0.123. The third kappa shape index (κ3) is 4.53. The molecule has 0 atom stereocenters. The Morgan fingerprint density at radius 2 is 1.85 bits per heavy atom. The molecule has 0 bridgehead atoms. The molecule has 0 fully saturated rings. The molecule has 2 aromatic rings. The Hall–Kier alpha value is -2.69. The van der Waals surface area contributed by atoms with E-state index in [0.29, 0.717) is 11.3 Å². The van der Waals surface area contributed by atoms with Crippen LogP contribution in [-0.2, 0) is 4.79 Å². The van der Waals surface area contributed by atoms with Gasteiger partial charge < -0.3 is 4.74 Å². The first-order valence-corrected chi connectivity index (χ1v) is 5.99. The predicted octanol–water partition coefficient (Wildman–Crippen LogP) is 2.35. The highest BCUT2D eigenvalue weighted by Crippen LogP contribution is 2.07. The number of nitrogens with one attached hydrogen (secondary N) is 1. The molecule has 4 nitrogen and oxygen atoms in total. The van der Waals surface area contributed by atoms with Gasteiger partial charge in [0.05, 0.1) is 6.21 Å². The number of nitrogens with zero attached hydrogens (tertiary/aromatic N) is 1. The fourth-order valence-corrected chi connectivity index (χ4v) is 1.43. The predicted molar refractivity (Wildman–Crippen MR) is 74.1 cm³/mol. The maximum absolute atomic E-state index is 12.7. The molecule has 20 heavy (non-hydrogen) atoms. The number of para-hydroxylation sites is 1. The van der Waals surface area contributed by atoms with Crippen LogP contribution in [0.1, 0.15) is 5.56 Å². The Bertz CT molecular complexity index is 583. The highest BCUT2D eigenvalue weighted by Gasteiger charge is 2.00. The molecule has 102 valence electrons. The minimum atomic E-state index is -0.368. The van der Waals surface area contributed by atoms with Crippen LogP contribution in [0.25, 0.3) is 0 Å². The third-order valence-electron chi connectivity index (χ3n) is 2.39. The van der Waals surface area contributed by atoms with E-state index in [9.17, 15) is 9.18 Å². The van der Waals surface area contributed by atoms with Crippen LogP contribution in [0.15, 0.2) is 59.7 Å². The van der Waals surface area contributed by atoms with Crippen molar-refractivity contribution in [3.05, 3.63) is 66.0 Å². The summed E-state index contributed by atoms with van der Waals surface area (Å²) in [7, 11) is 0. The van der Waals surface area contributed by atoms with E-state index < -0.39 is 0 Å². The first-order valence-electron chi connectivity index (χ1n) is 5.99. The second kappa shape index (κ2) is 7.04. The number of amides is 1. The Morgan fingerprint density at radius 1 is 1.15 bits per heavy atom. The van der Waals surface area contributed by atoms with Crippen molar-refractivity contribution in [3.63, 3.8) is 0 Å². The minimum absolute atomic E-state index is 0.120. The molecular weight excluding hydrogens is 259 g/mol. The van der Waals surface area contributed by atoms with E-state index in [4.69, 9.17) is 4.74 Å².